The van der Waals surface area contributed by atoms with Crippen molar-refractivity contribution in [2.75, 3.05) is 0 Å². The Bertz CT molecular complexity index is 623. The van der Waals surface area contributed by atoms with Crippen LogP contribution in [0.15, 0.2) is 35.3 Å². The van der Waals surface area contributed by atoms with Crippen molar-refractivity contribution in [1.82, 2.24) is 4.57 Å². The zero-order valence-electron chi connectivity index (χ0n) is 10.8. The molecule has 0 aliphatic heterocycles. The monoisotopic (exact) mass is 305 g/mol. The van der Waals surface area contributed by atoms with Crippen molar-refractivity contribution in [2.24, 2.45) is 0 Å². The summed E-state index contributed by atoms with van der Waals surface area (Å²) in [5.41, 5.74) is 5.37. The molecule has 2 nitrogen and oxygen atoms in total. The van der Waals surface area contributed by atoms with Gasteiger partial charge in [0.1, 0.15) is 0 Å². The van der Waals surface area contributed by atoms with Gasteiger partial charge < -0.3 is 4.57 Å². The number of nitrogens with zero attached hydrogens (tertiary/aromatic N) is 1. The lowest BCUT2D eigenvalue weighted by molar-refractivity contribution is 0.953. The van der Waals surface area contributed by atoms with Crippen molar-refractivity contribution in [3.63, 3.8) is 0 Å². The van der Waals surface area contributed by atoms with E-state index in [1.165, 1.54) is 11.1 Å². The third-order valence-electron chi connectivity index (χ3n) is 2.95. The van der Waals surface area contributed by atoms with E-state index < -0.39 is 0 Å². The number of hydrogen-bond acceptors (Lipinski definition) is 1. The molecule has 1 aromatic carbocycles. The largest absolute Gasteiger partial charge is 0.321 e. The van der Waals surface area contributed by atoms with E-state index in [4.69, 9.17) is 0 Å². The van der Waals surface area contributed by atoms with Crippen LogP contribution in [0.25, 0.3) is 5.69 Å². The van der Waals surface area contributed by atoms with Gasteiger partial charge in [-0.25, -0.2) is 0 Å². The summed E-state index contributed by atoms with van der Waals surface area (Å²) in [6.07, 6.45) is 1.92. The molecule has 0 aliphatic carbocycles. The maximum Gasteiger partial charge on any atom is 0.185 e. The van der Waals surface area contributed by atoms with Crippen LogP contribution in [0.3, 0.4) is 0 Å². The number of benzene rings is 1. The zero-order chi connectivity index (χ0) is 13.3. The lowest BCUT2D eigenvalue weighted by Crippen LogP contribution is -2.13. The van der Waals surface area contributed by atoms with Gasteiger partial charge in [0, 0.05) is 34.5 Å². The van der Waals surface area contributed by atoms with Gasteiger partial charge in [-0.15, -0.1) is 0 Å². The number of hydrogen-bond donors (Lipinski definition) is 0. The van der Waals surface area contributed by atoms with Gasteiger partial charge in [0.15, 0.2) is 5.43 Å². The summed E-state index contributed by atoms with van der Waals surface area (Å²) in [7, 11) is 0. The summed E-state index contributed by atoms with van der Waals surface area (Å²) in [6.45, 7) is 6.12. The van der Waals surface area contributed by atoms with Crippen molar-refractivity contribution in [3.05, 3.63) is 63.1 Å². The molecule has 0 amide bonds. The molecule has 0 radical (unpaired) electrons. The van der Waals surface area contributed by atoms with Crippen molar-refractivity contribution < 1.29 is 0 Å². The normalized spacial score (nSPS) is 10.7. The second-order valence-corrected chi connectivity index (χ2v) is 5.21. The SMILES string of the molecule is Cc1cc(C)cc(-n2cc(CBr)c(=O)cc2C)c1. The van der Waals surface area contributed by atoms with E-state index in [1.54, 1.807) is 6.07 Å². The topological polar surface area (TPSA) is 22.0 Å². The maximum atomic E-state index is 11.7. The minimum absolute atomic E-state index is 0.0880. The highest BCUT2D eigenvalue weighted by Crippen LogP contribution is 2.16. The summed E-state index contributed by atoms with van der Waals surface area (Å²) in [4.78, 5) is 11.7. The van der Waals surface area contributed by atoms with Crippen LogP contribution in [-0.4, -0.2) is 4.57 Å². The van der Waals surface area contributed by atoms with Crippen LogP contribution >= 0.6 is 15.9 Å². The summed E-state index contributed by atoms with van der Waals surface area (Å²) in [5, 5.41) is 0.580. The first-order valence-electron chi connectivity index (χ1n) is 5.88. The Morgan fingerprint density at radius 1 is 1.06 bits per heavy atom. The fraction of sp³-hybridized carbons (Fsp3) is 0.267. The van der Waals surface area contributed by atoms with Crippen LogP contribution in [0.5, 0.6) is 0 Å². The minimum atomic E-state index is 0.0880. The lowest BCUT2D eigenvalue weighted by atomic mass is 10.1. The summed E-state index contributed by atoms with van der Waals surface area (Å²) < 4.78 is 2.07. The van der Waals surface area contributed by atoms with Gasteiger partial charge >= 0.3 is 0 Å². The van der Waals surface area contributed by atoms with E-state index in [0.717, 1.165) is 16.9 Å². The van der Waals surface area contributed by atoms with Crippen LogP contribution in [0.4, 0.5) is 0 Å². The number of aryl methyl sites for hydroxylation is 3. The molecule has 0 spiro atoms. The van der Waals surface area contributed by atoms with E-state index in [2.05, 4.69) is 52.5 Å². The smallest absolute Gasteiger partial charge is 0.185 e. The van der Waals surface area contributed by atoms with Crippen LogP contribution in [0.1, 0.15) is 22.4 Å². The van der Waals surface area contributed by atoms with Crippen molar-refractivity contribution in [1.29, 1.82) is 0 Å². The number of halogens is 1. The number of pyridine rings is 1. The van der Waals surface area contributed by atoms with E-state index in [1.807, 2.05) is 13.1 Å². The quantitative estimate of drug-likeness (QED) is 0.776. The van der Waals surface area contributed by atoms with Crippen molar-refractivity contribution in [2.45, 2.75) is 26.1 Å². The molecule has 0 atom stereocenters. The van der Waals surface area contributed by atoms with Crippen molar-refractivity contribution >= 4 is 15.9 Å². The Kier molecular flexibility index (Phi) is 3.71. The minimum Gasteiger partial charge on any atom is -0.321 e. The zero-order valence-corrected chi connectivity index (χ0v) is 12.4. The first-order chi connectivity index (χ1) is 8.51. The summed E-state index contributed by atoms with van der Waals surface area (Å²) in [6, 6.07) is 8.09. The standard InChI is InChI=1S/C15H16BrNO/c1-10-4-11(2)6-14(5-10)17-9-13(8-16)15(18)7-12(17)3/h4-7,9H,8H2,1-3H3. The van der Waals surface area contributed by atoms with Gasteiger partial charge in [0.05, 0.1) is 0 Å². The molecular weight excluding hydrogens is 290 g/mol. The third-order valence-corrected chi connectivity index (χ3v) is 3.55. The summed E-state index contributed by atoms with van der Waals surface area (Å²) >= 11 is 3.36. The summed E-state index contributed by atoms with van der Waals surface area (Å²) in [5.74, 6) is 0. The third kappa shape index (κ3) is 2.56. The highest BCUT2D eigenvalue weighted by molar-refractivity contribution is 9.08. The van der Waals surface area contributed by atoms with E-state index in [0.29, 0.717) is 5.33 Å². The van der Waals surface area contributed by atoms with Crippen molar-refractivity contribution in [3.8, 4) is 5.69 Å². The van der Waals surface area contributed by atoms with E-state index >= 15 is 0 Å². The Hall–Kier alpha value is -1.35. The molecule has 18 heavy (non-hydrogen) atoms. The second kappa shape index (κ2) is 5.11. The molecule has 0 aliphatic rings. The molecule has 1 heterocycles. The lowest BCUT2D eigenvalue weighted by Gasteiger charge is -2.13. The Balaban J connectivity index is 2.66. The predicted octanol–water partition coefficient (Wildman–Crippen LogP) is 3.66. The van der Waals surface area contributed by atoms with Crippen LogP contribution < -0.4 is 5.43 Å². The first kappa shape index (κ1) is 13.1. The molecule has 0 fully saturated rings. The molecule has 0 saturated carbocycles. The molecule has 0 N–H and O–H groups in total. The highest BCUT2D eigenvalue weighted by Gasteiger charge is 2.05. The van der Waals surface area contributed by atoms with Crippen LogP contribution in [0, 0.1) is 20.8 Å². The van der Waals surface area contributed by atoms with Gasteiger partial charge in [-0.1, -0.05) is 22.0 Å². The fourth-order valence-electron chi connectivity index (χ4n) is 2.14. The Labute approximate surface area is 115 Å². The van der Waals surface area contributed by atoms with E-state index in [9.17, 15) is 4.79 Å². The molecule has 2 rings (SSSR count). The molecule has 0 saturated heterocycles. The molecular formula is C15H16BrNO. The highest BCUT2D eigenvalue weighted by atomic mass is 79.9. The predicted molar refractivity (Wildman–Crippen MR) is 78.9 cm³/mol. The second-order valence-electron chi connectivity index (χ2n) is 4.65. The van der Waals surface area contributed by atoms with Gasteiger partial charge in [-0.05, 0) is 44.0 Å². The molecule has 94 valence electrons. The first-order valence-corrected chi connectivity index (χ1v) is 7.00. The molecule has 1 aromatic heterocycles. The molecule has 0 unspecified atom stereocenters. The van der Waals surface area contributed by atoms with Gasteiger partial charge in [-0.3, -0.25) is 4.79 Å². The van der Waals surface area contributed by atoms with Gasteiger partial charge in [0.25, 0.3) is 0 Å². The average Bonchev–Trinajstić information content (AvgIpc) is 2.27. The van der Waals surface area contributed by atoms with Crippen LogP contribution in [0.2, 0.25) is 0 Å². The average molecular weight is 306 g/mol. The van der Waals surface area contributed by atoms with Crippen LogP contribution in [-0.2, 0) is 5.33 Å². The van der Waals surface area contributed by atoms with Gasteiger partial charge in [0.2, 0.25) is 0 Å². The number of aromatic nitrogens is 1. The Morgan fingerprint density at radius 2 is 1.67 bits per heavy atom. The molecule has 0 bridgehead atoms. The molecule has 2 aromatic rings. The fourth-order valence-corrected chi connectivity index (χ4v) is 2.56. The maximum absolute atomic E-state index is 11.7. The van der Waals surface area contributed by atoms with E-state index in [-0.39, 0.29) is 5.43 Å². The van der Waals surface area contributed by atoms with Gasteiger partial charge in [-0.2, -0.15) is 0 Å². The molecule has 3 heteroatoms. The number of rotatable bonds is 2. The number of alkyl halides is 1. The Morgan fingerprint density at radius 3 is 2.22 bits per heavy atom.